The fraction of sp³-hybridized carbons (Fsp3) is 0.944. The van der Waals surface area contributed by atoms with E-state index in [1.54, 1.807) is 0 Å². The van der Waals surface area contributed by atoms with Gasteiger partial charge in [0.15, 0.2) is 0 Å². The van der Waals surface area contributed by atoms with Crippen LogP contribution in [0.5, 0.6) is 0 Å². The van der Waals surface area contributed by atoms with Gasteiger partial charge in [0, 0.05) is 52.4 Å². The molecule has 5 heteroatoms. The third kappa shape index (κ3) is 4.91. The van der Waals surface area contributed by atoms with E-state index in [1.165, 1.54) is 45.2 Å². The lowest BCUT2D eigenvalue weighted by Crippen LogP contribution is -2.52. The van der Waals surface area contributed by atoms with Crippen molar-refractivity contribution in [2.75, 3.05) is 65.4 Å². The van der Waals surface area contributed by atoms with Crippen LogP contribution in [0.25, 0.3) is 0 Å². The zero-order valence-corrected chi connectivity index (χ0v) is 14.9. The molecule has 1 atom stereocenters. The molecule has 132 valence electrons. The molecule has 3 saturated heterocycles. The first-order valence-corrected chi connectivity index (χ1v) is 9.58. The molecule has 3 heterocycles. The van der Waals surface area contributed by atoms with Crippen LogP contribution in [0.4, 0.5) is 0 Å². The van der Waals surface area contributed by atoms with Crippen molar-refractivity contribution in [3.63, 3.8) is 0 Å². The average Bonchev–Trinajstić information content (AvgIpc) is 2.80. The van der Waals surface area contributed by atoms with E-state index in [0.29, 0.717) is 17.9 Å². The molecule has 0 bridgehead atoms. The van der Waals surface area contributed by atoms with Crippen molar-refractivity contribution in [3.8, 4) is 0 Å². The highest BCUT2D eigenvalue weighted by molar-refractivity contribution is 5.78. The summed E-state index contributed by atoms with van der Waals surface area (Å²) in [6, 6.07) is 0. The molecule has 0 spiro atoms. The summed E-state index contributed by atoms with van der Waals surface area (Å²) >= 11 is 0. The van der Waals surface area contributed by atoms with Crippen LogP contribution in [0.3, 0.4) is 0 Å². The van der Waals surface area contributed by atoms with Gasteiger partial charge in [-0.3, -0.25) is 9.69 Å². The molecule has 3 aliphatic heterocycles. The predicted molar refractivity (Wildman–Crippen MR) is 93.5 cm³/mol. The molecule has 0 radical (unpaired) electrons. The lowest BCUT2D eigenvalue weighted by molar-refractivity contribution is -0.132. The summed E-state index contributed by atoms with van der Waals surface area (Å²) in [6.07, 6.45) is 6.24. The van der Waals surface area contributed by atoms with Crippen molar-refractivity contribution in [1.82, 2.24) is 20.0 Å². The molecule has 0 aliphatic carbocycles. The van der Waals surface area contributed by atoms with E-state index < -0.39 is 0 Å². The summed E-state index contributed by atoms with van der Waals surface area (Å²) in [4.78, 5) is 19.6. The summed E-state index contributed by atoms with van der Waals surface area (Å²) in [6.45, 7) is 12.8. The maximum Gasteiger partial charge on any atom is 0.236 e. The predicted octanol–water partition coefficient (Wildman–Crippen LogP) is 1.01. The molecule has 0 aromatic carbocycles. The van der Waals surface area contributed by atoms with E-state index >= 15 is 0 Å². The lowest BCUT2D eigenvalue weighted by atomic mass is 9.89. The van der Waals surface area contributed by atoms with E-state index in [1.807, 2.05) is 0 Å². The van der Waals surface area contributed by atoms with Gasteiger partial charge in [-0.15, -0.1) is 0 Å². The van der Waals surface area contributed by atoms with Crippen molar-refractivity contribution in [2.45, 2.75) is 39.0 Å². The van der Waals surface area contributed by atoms with Crippen LogP contribution >= 0.6 is 0 Å². The number of hydrogen-bond donors (Lipinski definition) is 1. The van der Waals surface area contributed by atoms with E-state index in [2.05, 4.69) is 26.9 Å². The van der Waals surface area contributed by atoms with Gasteiger partial charge in [-0.25, -0.2) is 0 Å². The number of amides is 1. The number of nitrogens with one attached hydrogen (secondary N) is 1. The summed E-state index contributed by atoms with van der Waals surface area (Å²) < 4.78 is 0. The van der Waals surface area contributed by atoms with Crippen molar-refractivity contribution >= 4 is 5.91 Å². The second-order valence-corrected chi connectivity index (χ2v) is 8.08. The van der Waals surface area contributed by atoms with Gasteiger partial charge >= 0.3 is 0 Å². The van der Waals surface area contributed by atoms with Crippen LogP contribution in [0, 0.1) is 5.41 Å². The van der Waals surface area contributed by atoms with Gasteiger partial charge in [-0.2, -0.15) is 0 Å². The molecule has 0 aromatic rings. The normalized spacial score (nSPS) is 31.3. The van der Waals surface area contributed by atoms with Gasteiger partial charge in [0.2, 0.25) is 5.91 Å². The van der Waals surface area contributed by atoms with Crippen molar-refractivity contribution < 1.29 is 4.79 Å². The minimum Gasteiger partial charge on any atom is -0.342 e. The number of hydrogen-bond acceptors (Lipinski definition) is 4. The third-order valence-electron chi connectivity index (χ3n) is 5.84. The minimum atomic E-state index is 0.354. The fourth-order valence-electron chi connectivity index (χ4n) is 4.26. The monoisotopic (exact) mass is 322 g/mol. The largest absolute Gasteiger partial charge is 0.342 e. The molecular weight excluding hydrogens is 288 g/mol. The maximum absolute atomic E-state index is 12.5. The van der Waals surface area contributed by atoms with Gasteiger partial charge in [0.1, 0.15) is 0 Å². The highest BCUT2D eigenvalue weighted by atomic mass is 16.2. The number of rotatable bonds is 4. The molecule has 5 nitrogen and oxygen atoms in total. The Morgan fingerprint density at radius 1 is 0.957 bits per heavy atom. The summed E-state index contributed by atoms with van der Waals surface area (Å²) in [5.41, 5.74) is 0.448. The van der Waals surface area contributed by atoms with Gasteiger partial charge < -0.3 is 15.1 Å². The number of carbonyl (C=O) groups excluding carboxylic acids is 1. The molecule has 3 aliphatic rings. The van der Waals surface area contributed by atoms with Gasteiger partial charge in [-0.1, -0.05) is 19.8 Å². The Bertz CT molecular complexity index is 378. The topological polar surface area (TPSA) is 38.8 Å². The van der Waals surface area contributed by atoms with Crippen molar-refractivity contribution in [2.24, 2.45) is 5.41 Å². The smallest absolute Gasteiger partial charge is 0.236 e. The standard InChI is InChI=1S/C18H34N4O/c1-18(6-7-19-15-18)16-21-12-10-20(11-13-21)14-17(23)22-8-4-2-3-5-9-22/h19H,2-16H2,1H3. The molecular formula is C18H34N4O. The van der Waals surface area contributed by atoms with Crippen LogP contribution in [0.15, 0.2) is 0 Å². The third-order valence-corrected chi connectivity index (χ3v) is 5.84. The highest BCUT2D eigenvalue weighted by Gasteiger charge is 2.32. The lowest BCUT2D eigenvalue weighted by Gasteiger charge is -2.39. The second kappa shape index (κ2) is 7.95. The number of piperazine rings is 1. The number of likely N-dealkylation sites (tertiary alicyclic amines) is 1. The minimum absolute atomic E-state index is 0.354. The van der Waals surface area contributed by atoms with Crippen molar-refractivity contribution in [1.29, 1.82) is 0 Å². The van der Waals surface area contributed by atoms with Crippen LogP contribution < -0.4 is 5.32 Å². The van der Waals surface area contributed by atoms with E-state index in [4.69, 9.17) is 0 Å². The summed E-state index contributed by atoms with van der Waals surface area (Å²) in [5, 5.41) is 3.49. The number of nitrogens with zero attached hydrogens (tertiary/aromatic N) is 3. The molecule has 1 N–H and O–H groups in total. The molecule has 1 amide bonds. The second-order valence-electron chi connectivity index (χ2n) is 8.08. The molecule has 3 rings (SSSR count). The van der Waals surface area contributed by atoms with Gasteiger partial charge in [0.05, 0.1) is 6.54 Å². The van der Waals surface area contributed by atoms with E-state index in [-0.39, 0.29) is 0 Å². The Morgan fingerprint density at radius 3 is 2.22 bits per heavy atom. The average molecular weight is 322 g/mol. The SMILES string of the molecule is CC1(CN2CCN(CC(=O)N3CCCCCC3)CC2)CCNC1. The van der Waals surface area contributed by atoms with Crippen LogP contribution in [-0.2, 0) is 4.79 Å². The van der Waals surface area contributed by atoms with E-state index in [9.17, 15) is 4.79 Å². The molecule has 1 unspecified atom stereocenters. The number of carbonyl (C=O) groups is 1. The maximum atomic E-state index is 12.5. The molecule has 23 heavy (non-hydrogen) atoms. The Morgan fingerprint density at radius 2 is 1.61 bits per heavy atom. The Kier molecular flexibility index (Phi) is 5.94. The first kappa shape index (κ1) is 17.2. The molecule has 0 aromatic heterocycles. The van der Waals surface area contributed by atoms with Crippen LogP contribution in [-0.4, -0.2) is 86.1 Å². The zero-order chi connectivity index (χ0) is 16.1. The molecule has 3 fully saturated rings. The quantitative estimate of drug-likeness (QED) is 0.838. The van der Waals surface area contributed by atoms with Gasteiger partial charge in [-0.05, 0) is 31.2 Å². The Labute approximate surface area is 141 Å². The Balaban J connectivity index is 1.39. The van der Waals surface area contributed by atoms with Crippen LogP contribution in [0.1, 0.15) is 39.0 Å². The first-order valence-electron chi connectivity index (χ1n) is 9.58. The van der Waals surface area contributed by atoms with Crippen LogP contribution in [0.2, 0.25) is 0 Å². The van der Waals surface area contributed by atoms with Gasteiger partial charge in [0.25, 0.3) is 0 Å². The zero-order valence-electron chi connectivity index (χ0n) is 14.9. The summed E-state index contributed by atoms with van der Waals surface area (Å²) in [5.74, 6) is 0.354. The summed E-state index contributed by atoms with van der Waals surface area (Å²) in [7, 11) is 0. The first-order chi connectivity index (χ1) is 11.1. The fourth-order valence-corrected chi connectivity index (χ4v) is 4.26. The Hall–Kier alpha value is -0.650. The highest BCUT2D eigenvalue weighted by Crippen LogP contribution is 2.26. The molecule has 0 saturated carbocycles. The van der Waals surface area contributed by atoms with Crippen molar-refractivity contribution in [3.05, 3.63) is 0 Å². The van der Waals surface area contributed by atoms with E-state index in [0.717, 1.165) is 45.8 Å².